The smallest absolute Gasteiger partial charge is 0.0463 e. The second-order valence-electron chi connectivity index (χ2n) is 4.28. The van der Waals surface area contributed by atoms with E-state index in [1.807, 2.05) is 19.2 Å². The van der Waals surface area contributed by atoms with E-state index >= 15 is 0 Å². The monoisotopic (exact) mass is 258 g/mol. The fourth-order valence-electron chi connectivity index (χ4n) is 1.63. The molecule has 0 bridgehead atoms. The topological polar surface area (TPSA) is 24.1 Å². The van der Waals surface area contributed by atoms with Crippen LogP contribution in [0.5, 0.6) is 0 Å². The summed E-state index contributed by atoms with van der Waals surface area (Å²) >= 11 is 1.64. The lowest BCUT2D eigenvalue weighted by Crippen LogP contribution is -1.91. The highest BCUT2D eigenvalue weighted by molar-refractivity contribution is 8.00. The molecule has 2 rings (SSSR count). The molecule has 0 saturated carbocycles. The molecular formula is C15H18N2S. The van der Waals surface area contributed by atoms with Crippen molar-refractivity contribution in [3.63, 3.8) is 0 Å². The van der Waals surface area contributed by atoms with E-state index in [2.05, 4.69) is 54.2 Å². The van der Waals surface area contributed by atoms with E-state index in [0.29, 0.717) is 0 Å². The van der Waals surface area contributed by atoms with Crippen LogP contribution < -0.4 is 10.0 Å². The van der Waals surface area contributed by atoms with Gasteiger partial charge in [0.15, 0.2) is 0 Å². The molecule has 0 heterocycles. The van der Waals surface area contributed by atoms with Gasteiger partial charge in [-0.3, -0.25) is 0 Å². The Labute approximate surface area is 113 Å². The summed E-state index contributed by atoms with van der Waals surface area (Å²) in [4.78, 5) is 1.23. The van der Waals surface area contributed by atoms with E-state index in [1.165, 1.54) is 16.0 Å². The Bertz CT molecular complexity index is 538. The number of hydrogen-bond donors (Lipinski definition) is 2. The Hall–Kier alpha value is -1.61. The van der Waals surface area contributed by atoms with E-state index in [-0.39, 0.29) is 0 Å². The van der Waals surface area contributed by atoms with Gasteiger partial charge < -0.3 is 10.0 Å². The Morgan fingerprint density at radius 2 is 1.67 bits per heavy atom. The molecule has 2 aromatic carbocycles. The molecule has 0 aromatic heterocycles. The third-order valence-corrected chi connectivity index (χ3v) is 3.74. The van der Waals surface area contributed by atoms with Gasteiger partial charge >= 0.3 is 0 Å². The number of rotatable bonds is 4. The molecule has 0 spiro atoms. The fourth-order valence-corrected chi connectivity index (χ4v) is 2.37. The number of nitrogens with one attached hydrogen (secondary N) is 2. The molecule has 0 aliphatic carbocycles. The first kappa shape index (κ1) is 12.8. The van der Waals surface area contributed by atoms with Crippen molar-refractivity contribution in [3.8, 4) is 0 Å². The quantitative estimate of drug-likeness (QED) is 0.791. The first-order valence-corrected chi connectivity index (χ1v) is 6.78. The third kappa shape index (κ3) is 3.20. The van der Waals surface area contributed by atoms with E-state index in [9.17, 15) is 0 Å². The van der Waals surface area contributed by atoms with Crippen LogP contribution in [0.2, 0.25) is 0 Å². The van der Waals surface area contributed by atoms with Crippen molar-refractivity contribution in [2.75, 3.05) is 17.1 Å². The van der Waals surface area contributed by atoms with Gasteiger partial charge in [-0.05, 0) is 67.3 Å². The Morgan fingerprint density at radius 3 is 2.39 bits per heavy atom. The Balaban J connectivity index is 2.04. The maximum Gasteiger partial charge on any atom is 0.0463 e. The highest BCUT2D eigenvalue weighted by Gasteiger charge is 1.98. The maximum atomic E-state index is 3.36. The summed E-state index contributed by atoms with van der Waals surface area (Å²) in [5, 5.41) is 3.13. The summed E-state index contributed by atoms with van der Waals surface area (Å²) in [6.45, 7) is 4.27. The highest BCUT2D eigenvalue weighted by atomic mass is 32.2. The zero-order valence-corrected chi connectivity index (χ0v) is 11.8. The van der Waals surface area contributed by atoms with Crippen LogP contribution in [0.1, 0.15) is 11.1 Å². The minimum absolute atomic E-state index is 1.10. The predicted octanol–water partition coefficient (Wildman–Crippen LogP) is 4.46. The maximum absolute atomic E-state index is 3.36. The minimum atomic E-state index is 1.10. The lowest BCUT2D eigenvalue weighted by molar-refractivity contribution is 1.28. The van der Waals surface area contributed by atoms with Crippen LogP contribution in [0.4, 0.5) is 11.4 Å². The van der Waals surface area contributed by atoms with Gasteiger partial charge in [0.2, 0.25) is 0 Å². The second-order valence-corrected chi connectivity index (χ2v) is 5.16. The first-order chi connectivity index (χ1) is 8.69. The molecule has 2 nitrogen and oxygen atoms in total. The molecule has 18 heavy (non-hydrogen) atoms. The molecule has 0 amide bonds. The summed E-state index contributed by atoms with van der Waals surface area (Å²) < 4.78 is 3.36. The lowest BCUT2D eigenvalue weighted by atomic mass is 10.1. The van der Waals surface area contributed by atoms with Gasteiger partial charge in [-0.1, -0.05) is 12.1 Å². The summed E-state index contributed by atoms with van der Waals surface area (Å²) in [6.07, 6.45) is 0. The number of hydrogen-bond acceptors (Lipinski definition) is 3. The van der Waals surface area contributed by atoms with Crippen LogP contribution in [0.3, 0.4) is 0 Å². The molecule has 0 aliphatic heterocycles. The zero-order chi connectivity index (χ0) is 13.0. The molecule has 0 fully saturated rings. The van der Waals surface area contributed by atoms with E-state index in [1.54, 1.807) is 11.9 Å². The van der Waals surface area contributed by atoms with Crippen LogP contribution in [-0.2, 0) is 0 Å². The molecule has 0 saturated heterocycles. The van der Waals surface area contributed by atoms with Gasteiger partial charge in [-0.2, -0.15) is 0 Å². The van der Waals surface area contributed by atoms with E-state index in [0.717, 1.165) is 11.4 Å². The highest BCUT2D eigenvalue weighted by Crippen LogP contribution is 2.24. The van der Waals surface area contributed by atoms with Crippen molar-refractivity contribution in [1.82, 2.24) is 0 Å². The summed E-state index contributed by atoms with van der Waals surface area (Å²) in [6, 6.07) is 14.7. The van der Waals surface area contributed by atoms with Gasteiger partial charge in [0.05, 0.1) is 0 Å². The van der Waals surface area contributed by atoms with Crippen molar-refractivity contribution in [2.45, 2.75) is 18.7 Å². The average Bonchev–Trinajstić information content (AvgIpc) is 2.40. The van der Waals surface area contributed by atoms with Crippen LogP contribution in [-0.4, -0.2) is 7.05 Å². The average molecular weight is 258 g/mol. The van der Waals surface area contributed by atoms with Crippen LogP contribution in [0, 0.1) is 13.8 Å². The zero-order valence-electron chi connectivity index (χ0n) is 10.9. The lowest BCUT2D eigenvalue weighted by Gasteiger charge is -2.08. The van der Waals surface area contributed by atoms with Gasteiger partial charge in [0.25, 0.3) is 0 Å². The third-order valence-electron chi connectivity index (χ3n) is 2.92. The van der Waals surface area contributed by atoms with Crippen molar-refractivity contribution >= 4 is 23.3 Å². The molecule has 0 radical (unpaired) electrons. The predicted molar refractivity (Wildman–Crippen MR) is 81.4 cm³/mol. The van der Waals surface area contributed by atoms with Gasteiger partial charge in [-0.15, -0.1) is 0 Å². The molecule has 2 aromatic rings. The Morgan fingerprint density at radius 1 is 0.889 bits per heavy atom. The molecule has 3 heteroatoms. The van der Waals surface area contributed by atoms with Crippen molar-refractivity contribution in [2.24, 2.45) is 0 Å². The van der Waals surface area contributed by atoms with Crippen molar-refractivity contribution in [3.05, 3.63) is 53.6 Å². The number of aryl methyl sites for hydroxylation is 2. The van der Waals surface area contributed by atoms with E-state index in [4.69, 9.17) is 0 Å². The standard InChI is InChI=1S/C15H18N2S/c1-11-7-8-15(9-12(11)2)18-17-14-6-4-5-13(10-14)16-3/h4-10,16-17H,1-3H3. The van der Waals surface area contributed by atoms with Gasteiger partial charge in [0.1, 0.15) is 0 Å². The van der Waals surface area contributed by atoms with Crippen LogP contribution in [0.15, 0.2) is 47.4 Å². The normalized spacial score (nSPS) is 10.2. The fraction of sp³-hybridized carbons (Fsp3) is 0.200. The summed E-state index contributed by atoms with van der Waals surface area (Å²) in [5.41, 5.74) is 4.87. The first-order valence-electron chi connectivity index (χ1n) is 5.97. The summed E-state index contributed by atoms with van der Waals surface area (Å²) in [5.74, 6) is 0. The summed E-state index contributed by atoms with van der Waals surface area (Å²) in [7, 11) is 1.93. The number of anilines is 2. The molecule has 94 valence electrons. The largest absolute Gasteiger partial charge is 0.388 e. The molecule has 2 N–H and O–H groups in total. The molecular weight excluding hydrogens is 240 g/mol. The SMILES string of the molecule is CNc1cccc(NSc2ccc(C)c(C)c2)c1. The minimum Gasteiger partial charge on any atom is -0.388 e. The molecule has 0 unspecified atom stereocenters. The van der Waals surface area contributed by atoms with Crippen molar-refractivity contribution in [1.29, 1.82) is 0 Å². The number of benzene rings is 2. The van der Waals surface area contributed by atoms with Crippen molar-refractivity contribution < 1.29 is 0 Å². The van der Waals surface area contributed by atoms with Gasteiger partial charge in [0, 0.05) is 23.3 Å². The molecule has 0 atom stereocenters. The Kier molecular flexibility index (Phi) is 4.15. The second kappa shape index (κ2) is 5.83. The molecule has 0 aliphatic rings. The van der Waals surface area contributed by atoms with Crippen LogP contribution >= 0.6 is 11.9 Å². The van der Waals surface area contributed by atoms with E-state index < -0.39 is 0 Å². The van der Waals surface area contributed by atoms with Gasteiger partial charge in [-0.25, -0.2) is 0 Å². The van der Waals surface area contributed by atoms with Crippen LogP contribution in [0.25, 0.3) is 0 Å².